The van der Waals surface area contributed by atoms with Gasteiger partial charge >= 0.3 is 0 Å². The normalized spacial score (nSPS) is 10.7. The number of hydrogen-bond acceptors (Lipinski definition) is 2. The summed E-state index contributed by atoms with van der Waals surface area (Å²) in [7, 11) is 1.92. The zero-order valence-electron chi connectivity index (χ0n) is 9.37. The molecule has 3 nitrogen and oxygen atoms in total. The van der Waals surface area contributed by atoms with E-state index in [2.05, 4.69) is 4.98 Å². The lowest BCUT2D eigenvalue weighted by Gasteiger charge is -2.01. The van der Waals surface area contributed by atoms with Gasteiger partial charge in [-0.3, -0.25) is 0 Å². The zero-order chi connectivity index (χ0) is 11.7. The topological polar surface area (TPSA) is 43.8 Å². The lowest BCUT2D eigenvalue weighted by molar-refractivity contribution is 0.882. The highest BCUT2D eigenvalue weighted by atomic mass is 35.5. The van der Waals surface area contributed by atoms with E-state index >= 15 is 0 Å². The number of halogens is 1. The van der Waals surface area contributed by atoms with Crippen LogP contribution >= 0.6 is 11.6 Å². The molecule has 0 saturated carbocycles. The van der Waals surface area contributed by atoms with Gasteiger partial charge in [0.2, 0.25) is 0 Å². The summed E-state index contributed by atoms with van der Waals surface area (Å²) in [6.07, 6.45) is 0.761. The van der Waals surface area contributed by atoms with E-state index in [0.29, 0.717) is 5.95 Å². The Balaban J connectivity index is 2.30. The number of anilines is 1. The van der Waals surface area contributed by atoms with Crippen molar-refractivity contribution < 1.29 is 0 Å². The number of nitrogens with two attached hydrogens (primary N) is 1. The second kappa shape index (κ2) is 4.18. The zero-order valence-corrected chi connectivity index (χ0v) is 10.1. The van der Waals surface area contributed by atoms with E-state index in [9.17, 15) is 0 Å². The molecule has 0 aliphatic heterocycles. The summed E-state index contributed by atoms with van der Waals surface area (Å²) in [5.41, 5.74) is 8.99. The molecule has 2 N–H and O–H groups in total. The minimum absolute atomic E-state index is 0.550. The van der Waals surface area contributed by atoms with Crippen molar-refractivity contribution in [3.63, 3.8) is 0 Å². The molecule has 1 aromatic carbocycles. The van der Waals surface area contributed by atoms with Gasteiger partial charge in [0.15, 0.2) is 5.95 Å². The molecule has 0 atom stereocenters. The van der Waals surface area contributed by atoms with Crippen LogP contribution in [0.5, 0.6) is 0 Å². The number of benzene rings is 1. The van der Waals surface area contributed by atoms with Crippen LogP contribution in [0.4, 0.5) is 5.95 Å². The standard InChI is InChI=1S/C12H14ClN3/c1-8-11(15-12(14)16(8)2)7-9-4-3-5-10(13)6-9/h3-6H,7H2,1-2H3,(H2,14,15). The van der Waals surface area contributed by atoms with Crippen LogP contribution in [0.15, 0.2) is 24.3 Å². The number of rotatable bonds is 2. The molecule has 84 valence electrons. The number of nitrogen functional groups attached to an aromatic ring is 1. The first-order valence-corrected chi connectivity index (χ1v) is 5.48. The van der Waals surface area contributed by atoms with Crippen LogP contribution in [0.1, 0.15) is 17.0 Å². The van der Waals surface area contributed by atoms with Gasteiger partial charge in [-0.1, -0.05) is 23.7 Å². The molecule has 0 aliphatic carbocycles. The van der Waals surface area contributed by atoms with Crippen molar-refractivity contribution in [3.8, 4) is 0 Å². The lowest BCUT2D eigenvalue weighted by Crippen LogP contribution is -1.98. The third-order valence-electron chi connectivity index (χ3n) is 2.77. The number of nitrogens with zero attached hydrogens (tertiary/aromatic N) is 2. The van der Waals surface area contributed by atoms with Crippen molar-refractivity contribution in [1.82, 2.24) is 9.55 Å². The Morgan fingerprint density at radius 3 is 2.75 bits per heavy atom. The Hall–Kier alpha value is -1.48. The lowest BCUT2D eigenvalue weighted by atomic mass is 10.1. The van der Waals surface area contributed by atoms with Crippen LogP contribution in [0.25, 0.3) is 0 Å². The minimum atomic E-state index is 0.550. The Morgan fingerprint density at radius 2 is 2.19 bits per heavy atom. The average Bonchev–Trinajstić information content (AvgIpc) is 2.47. The van der Waals surface area contributed by atoms with Gasteiger partial charge in [-0.15, -0.1) is 0 Å². The molecule has 0 unspecified atom stereocenters. The summed E-state index contributed by atoms with van der Waals surface area (Å²) in [5, 5.41) is 0.749. The third-order valence-corrected chi connectivity index (χ3v) is 3.01. The number of imidazole rings is 1. The number of hydrogen-bond donors (Lipinski definition) is 1. The monoisotopic (exact) mass is 235 g/mol. The Labute approximate surface area is 99.9 Å². The molecule has 0 spiro atoms. The highest BCUT2D eigenvalue weighted by molar-refractivity contribution is 6.30. The van der Waals surface area contributed by atoms with E-state index in [1.54, 1.807) is 0 Å². The Morgan fingerprint density at radius 1 is 1.44 bits per heavy atom. The van der Waals surface area contributed by atoms with Crippen molar-refractivity contribution in [2.75, 3.05) is 5.73 Å². The molecule has 0 aliphatic rings. The van der Waals surface area contributed by atoms with Crippen LogP contribution in [0.2, 0.25) is 5.02 Å². The minimum Gasteiger partial charge on any atom is -0.369 e. The van der Waals surface area contributed by atoms with Crippen LogP contribution in [-0.4, -0.2) is 9.55 Å². The highest BCUT2D eigenvalue weighted by Crippen LogP contribution is 2.17. The SMILES string of the molecule is Cc1c(Cc2cccc(Cl)c2)nc(N)n1C. The van der Waals surface area contributed by atoms with Gasteiger partial charge in [-0.05, 0) is 24.6 Å². The molecular weight excluding hydrogens is 222 g/mol. The van der Waals surface area contributed by atoms with Gasteiger partial charge in [0.1, 0.15) is 0 Å². The summed E-state index contributed by atoms with van der Waals surface area (Å²) in [6, 6.07) is 7.80. The summed E-state index contributed by atoms with van der Waals surface area (Å²) < 4.78 is 1.89. The second-order valence-corrected chi connectivity index (χ2v) is 4.30. The molecule has 0 saturated heterocycles. The van der Waals surface area contributed by atoms with Crippen LogP contribution in [-0.2, 0) is 13.5 Å². The van der Waals surface area contributed by atoms with Gasteiger partial charge in [0.25, 0.3) is 0 Å². The highest BCUT2D eigenvalue weighted by Gasteiger charge is 2.09. The molecule has 0 fully saturated rings. The maximum absolute atomic E-state index is 5.94. The van der Waals surface area contributed by atoms with E-state index in [1.165, 1.54) is 0 Å². The van der Waals surface area contributed by atoms with E-state index in [4.69, 9.17) is 17.3 Å². The van der Waals surface area contributed by atoms with Crippen molar-refractivity contribution in [2.24, 2.45) is 7.05 Å². The summed E-state index contributed by atoms with van der Waals surface area (Å²) in [6.45, 7) is 2.02. The van der Waals surface area contributed by atoms with E-state index in [-0.39, 0.29) is 0 Å². The molecule has 0 radical (unpaired) electrons. The summed E-state index contributed by atoms with van der Waals surface area (Å²) in [5.74, 6) is 0.550. The molecule has 4 heteroatoms. The van der Waals surface area contributed by atoms with Gasteiger partial charge in [0, 0.05) is 24.2 Å². The van der Waals surface area contributed by atoms with Gasteiger partial charge < -0.3 is 10.3 Å². The van der Waals surface area contributed by atoms with Crippen LogP contribution in [0.3, 0.4) is 0 Å². The molecule has 0 bridgehead atoms. The molecule has 16 heavy (non-hydrogen) atoms. The fourth-order valence-electron chi connectivity index (χ4n) is 1.67. The molecule has 1 aromatic heterocycles. The van der Waals surface area contributed by atoms with Crippen molar-refractivity contribution >= 4 is 17.5 Å². The number of aromatic nitrogens is 2. The Kier molecular flexibility index (Phi) is 2.88. The maximum Gasteiger partial charge on any atom is 0.200 e. The van der Waals surface area contributed by atoms with E-state index in [0.717, 1.165) is 28.4 Å². The van der Waals surface area contributed by atoms with Crippen molar-refractivity contribution in [1.29, 1.82) is 0 Å². The van der Waals surface area contributed by atoms with Gasteiger partial charge in [-0.25, -0.2) is 4.98 Å². The first kappa shape index (κ1) is 11.0. The third kappa shape index (κ3) is 2.04. The first-order valence-electron chi connectivity index (χ1n) is 5.10. The van der Waals surface area contributed by atoms with E-state index < -0.39 is 0 Å². The van der Waals surface area contributed by atoms with Crippen molar-refractivity contribution in [3.05, 3.63) is 46.2 Å². The van der Waals surface area contributed by atoms with Crippen molar-refractivity contribution in [2.45, 2.75) is 13.3 Å². The molecule has 2 aromatic rings. The summed E-state index contributed by atoms with van der Waals surface area (Å²) >= 11 is 5.94. The first-order chi connectivity index (χ1) is 7.58. The molecule has 0 amide bonds. The largest absolute Gasteiger partial charge is 0.369 e. The predicted octanol–water partition coefficient (Wildman–Crippen LogP) is 2.55. The smallest absolute Gasteiger partial charge is 0.200 e. The van der Waals surface area contributed by atoms with Gasteiger partial charge in [-0.2, -0.15) is 0 Å². The maximum atomic E-state index is 5.94. The second-order valence-electron chi connectivity index (χ2n) is 3.87. The molecule has 1 heterocycles. The quantitative estimate of drug-likeness (QED) is 0.870. The molecular formula is C12H14ClN3. The van der Waals surface area contributed by atoms with Crippen LogP contribution in [0, 0.1) is 6.92 Å². The van der Waals surface area contributed by atoms with Gasteiger partial charge in [0.05, 0.1) is 5.69 Å². The fourth-order valence-corrected chi connectivity index (χ4v) is 1.88. The fraction of sp³-hybridized carbons (Fsp3) is 0.250. The summed E-state index contributed by atoms with van der Waals surface area (Å²) in [4.78, 5) is 4.33. The average molecular weight is 236 g/mol. The van der Waals surface area contributed by atoms with Crippen LogP contribution < -0.4 is 5.73 Å². The predicted molar refractivity (Wildman–Crippen MR) is 66.6 cm³/mol. The van der Waals surface area contributed by atoms with E-state index in [1.807, 2.05) is 42.8 Å². The molecule has 2 rings (SSSR count). The Bertz CT molecular complexity index is 517.